The lowest BCUT2D eigenvalue weighted by Gasteiger charge is -2.34. The minimum absolute atomic E-state index is 0.102. The zero-order valence-electron chi connectivity index (χ0n) is 20.1. The number of alkyl carbamates (subject to hydrolysis) is 1. The van der Waals surface area contributed by atoms with E-state index >= 15 is 4.39 Å². The standard InChI is InChI=1S/C23H31FN4O6/c1-23(2,3)34-22(30)26-10-14-12-28(8-9-33-14)13-15(21(29)32-5)19-16(24)11-25-17-6-7-18(31-4)27-20(17)19/h6-7,11,14-15H,8-10,12-13H2,1-5H3,(H,26,30)/t14-,15?/m0/s1. The van der Waals surface area contributed by atoms with Crippen LogP contribution >= 0.6 is 0 Å². The molecule has 1 saturated heterocycles. The predicted octanol–water partition coefficient (Wildman–Crippen LogP) is 2.26. The van der Waals surface area contributed by atoms with E-state index in [1.54, 1.807) is 32.9 Å². The van der Waals surface area contributed by atoms with Crippen LogP contribution in [0.3, 0.4) is 0 Å². The molecule has 2 aromatic heterocycles. The molecule has 186 valence electrons. The van der Waals surface area contributed by atoms with Gasteiger partial charge in [0.25, 0.3) is 0 Å². The van der Waals surface area contributed by atoms with Crippen molar-refractivity contribution in [2.75, 3.05) is 47.0 Å². The quantitative estimate of drug-likeness (QED) is 0.599. The monoisotopic (exact) mass is 478 g/mol. The van der Waals surface area contributed by atoms with Gasteiger partial charge in [-0.2, -0.15) is 0 Å². The number of halogens is 1. The lowest BCUT2D eigenvalue weighted by Crippen LogP contribution is -2.49. The van der Waals surface area contributed by atoms with Crippen LogP contribution in [-0.2, 0) is 19.0 Å². The number of amides is 1. The van der Waals surface area contributed by atoms with Crippen molar-refractivity contribution in [3.63, 3.8) is 0 Å². The van der Waals surface area contributed by atoms with Crippen molar-refractivity contribution in [1.82, 2.24) is 20.2 Å². The predicted molar refractivity (Wildman–Crippen MR) is 121 cm³/mol. The van der Waals surface area contributed by atoms with E-state index in [1.807, 2.05) is 4.90 Å². The van der Waals surface area contributed by atoms with Crippen molar-refractivity contribution in [3.8, 4) is 5.88 Å². The number of nitrogens with one attached hydrogen (secondary N) is 1. The maximum atomic E-state index is 15.0. The Morgan fingerprint density at radius 1 is 1.32 bits per heavy atom. The molecule has 0 bridgehead atoms. The van der Waals surface area contributed by atoms with Gasteiger partial charge in [-0.1, -0.05) is 0 Å². The van der Waals surface area contributed by atoms with E-state index in [2.05, 4.69) is 15.3 Å². The Hall–Kier alpha value is -3.05. The second kappa shape index (κ2) is 10.9. The number of carbonyl (C=O) groups excluding carboxylic acids is 2. The average Bonchev–Trinajstić information content (AvgIpc) is 2.80. The van der Waals surface area contributed by atoms with Crippen LogP contribution in [-0.4, -0.2) is 85.6 Å². The zero-order valence-corrected chi connectivity index (χ0v) is 20.1. The van der Waals surface area contributed by atoms with Crippen LogP contribution in [0.1, 0.15) is 32.3 Å². The molecule has 1 N–H and O–H groups in total. The number of carbonyl (C=O) groups is 2. The molecule has 34 heavy (non-hydrogen) atoms. The summed E-state index contributed by atoms with van der Waals surface area (Å²) in [6, 6.07) is 3.28. The van der Waals surface area contributed by atoms with Gasteiger partial charge in [0.2, 0.25) is 5.88 Å². The largest absolute Gasteiger partial charge is 0.481 e. The highest BCUT2D eigenvalue weighted by Crippen LogP contribution is 2.29. The van der Waals surface area contributed by atoms with E-state index in [-0.39, 0.29) is 36.2 Å². The third-order valence-corrected chi connectivity index (χ3v) is 5.26. The molecule has 0 radical (unpaired) electrons. The van der Waals surface area contributed by atoms with Crippen molar-refractivity contribution in [2.45, 2.75) is 38.4 Å². The van der Waals surface area contributed by atoms with Crippen molar-refractivity contribution in [3.05, 3.63) is 29.7 Å². The number of nitrogens with zero attached hydrogens (tertiary/aromatic N) is 3. The van der Waals surface area contributed by atoms with Crippen LogP contribution in [0.5, 0.6) is 5.88 Å². The van der Waals surface area contributed by atoms with Crippen LogP contribution in [0.15, 0.2) is 18.3 Å². The molecule has 0 spiro atoms. The van der Waals surface area contributed by atoms with Crippen LogP contribution in [0.2, 0.25) is 0 Å². The fraction of sp³-hybridized carbons (Fsp3) is 0.565. The third kappa shape index (κ3) is 6.51. The van der Waals surface area contributed by atoms with Crippen molar-refractivity contribution >= 4 is 23.1 Å². The van der Waals surface area contributed by atoms with Gasteiger partial charge in [-0.25, -0.2) is 14.2 Å². The number of esters is 1. The van der Waals surface area contributed by atoms with E-state index in [1.165, 1.54) is 14.2 Å². The molecule has 1 fully saturated rings. The Kier molecular flexibility index (Phi) is 8.21. The molecule has 2 aromatic rings. The number of morpholine rings is 1. The lowest BCUT2D eigenvalue weighted by molar-refractivity contribution is -0.143. The Bertz CT molecular complexity index is 1030. The topological polar surface area (TPSA) is 112 Å². The maximum Gasteiger partial charge on any atom is 0.407 e. The average molecular weight is 479 g/mol. The first kappa shape index (κ1) is 25.6. The molecule has 2 atom stereocenters. The number of hydrogen-bond acceptors (Lipinski definition) is 9. The summed E-state index contributed by atoms with van der Waals surface area (Å²) in [6.07, 6.45) is 0.220. The fourth-order valence-electron chi connectivity index (χ4n) is 3.76. The number of fused-ring (bicyclic) bond motifs is 1. The molecule has 0 aliphatic carbocycles. The summed E-state index contributed by atoms with van der Waals surface area (Å²) in [5.41, 5.74) is 0.176. The van der Waals surface area contributed by atoms with E-state index in [9.17, 15) is 9.59 Å². The minimum Gasteiger partial charge on any atom is -0.481 e. The number of ether oxygens (including phenoxy) is 4. The highest BCUT2D eigenvalue weighted by molar-refractivity contribution is 5.87. The van der Waals surface area contributed by atoms with E-state index in [0.717, 1.165) is 6.20 Å². The third-order valence-electron chi connectivity index (χ3n) is 5.26. The molecular formula is C23H31FN4O6. The summed E-state index contributed by atoms with van der Waals surface area (Å²) in [5.74, 6) is -1.91. The first-order valence-corrected chi connectivity index (χ1v) is 11.0. The minimum atomic E-state index is -0.951. The first-order chi connectivity index (χ1) is 16.1. The molecule has 1 amide bonds. The number of rotatable bonds is 7. The van der Waals surface area contributed by atoms with Gasteiger partial charge in [0.15, 0.2) is 0 Å². The van der Waals surface area contributed by atoms with Gasteiger partial charge in [0, 0.05) is 37.8 Å². The summed E-state index contributed by atoms with van der Waals surface area (Å²) in [6.45, 7) is 7.09. The highest BCUT2D eigenvalue weighted by Gasteiger charge is 2.32. The zero-order chi connectivity index (χ0) is 24.9. The Morgan fingerprint density at radius 2 is 2.09 bits per heavy atom. The van der Waals surface area contributed by atoms with Gasteiger partial charge in [-0.05, 0) is 26.8 Å². The number of hydrogen-bond donors (Lipinski definition) is 1. The summed E-state index contributed by atoms with van der Waals surface area (Å²) < 4.78 is 36.2. The SMILES string of the molecule is COC(=O)C(CN1CCO[C@@H](CNC(=O)OC(C)(C)C)C1)c1c(F)cnc2ccc(OC)nc12. The van der Waals surface area contributed by atoms with Crippen molar-refractivity contribution < 1.29 is 32.9 Å². The molecule has 10 nitrogen and oxygen atoms in total. The van der Waals surface area contributed by atoms with Gasteiger partial charge in [0.1, 0.15) is 11.4 Å². The van der Waals surface area contributed by atoms with E-state index in [0.29, 0.717) is 25.2 Å². The smallest absolute Gasteiger partial charge is 0.407 e. The Morgan fingerprint density at radius 3 is 2.76 bits per heavy atom. The van der Waals surface area contributed by atoms with Crippen LogP contribution < -0.4 is 10.1 Å². The lowest BCUT2D eigenvalue weighted by atomic mass is 9.96. The summed E-state index contributed by atoms with van der Waals surface area (Å²) in [7, 11) is 2.72. The Labute approximate surface area is 197 Å². The molecule has 3 heterocycles. The molecule has 1 unspecified atom stereocenters. The summed E-state index contributed by atoms with van der Waals surface area (Å²) in [5, 5.41) is 2.70. The molecule has 0 aromatic carbocycles. The maximum absolute atomic E-state index is 15.0. The van der Waals surface area contributed by atoms with Gasteiger partial charge in [0.05, 0.1) is 50.1 Å². The van der Waals surface area contributed by atoms with E-state index < -0.39 is 29.4 Å². The summed E-state index contributed by atoms with van der Waals surface area (Å²) >= 11 is 0. The molecule has 0 saturated carbocycles. The van der Waals surface area contributed by atoms with Gasteiger partial charge in [-0.3, -0.25) is 14.7 Å². The number of aromatic nitrogens is 2. The second-order valence-electron chi connectivity index (χ2n) is 8.95. The normalized spacial score (nSPS) is 17.8. The molecule has 1 aliphatic rings. The first-order valence-electron chi connectivity index (χ1n) is 11.0. The molecule has 1 aliphatic heterocycles. The van der Waals surface area contributed by atoms with Crippen LogP contribution in [0, 0.1) is 5.82 Å². The second-order valence-corrected chi connectivity index (χ2v) is 8.95. The highest BCUT2D eigenvalue weighted by atomic mass is 19.1. The van der Waals surface area contributed by atoms with Gasteiger partial charge in [-0.15, -0.1) is 0 Å². The van der Waals surface area contributed by atoms with Crippen LogP contribution in [0.4, 0.5) is 9.18 Å². The van der Waals surface area contributed by atoms with Crippen molar-refractivity contribution in [2.24, 2.45) is 0 Å². The van der Waals surface area contributed by atoms with Crippen molar-refractivity contribution in [1.29, 1.82) is 0 Å². The van der Waals surface area contributed by atoms with Gasteiger partial charge < -0.3 is 24.3 Å². The Balaban J connectivity index is 1.78. The molecule has 3 rings (SSSR count). The van der Waals surface area contributed by atoms with E-state index in [4.69, 9.17) is 18.9 Å². The van der Waals surface area contributed by atoms with Crippen LogP contribution in [0.25, 0.3) is 11.0 Å². The fourth-order valence-corrected chi connectivity index (χ4v) is 3.76. The molecular weight excluding hydrogens is 447 g/mol. The van der Waals surface area contributed by atoms with Gasteiger partial charge >= 0.3 is 12.1 Å². The molecule has 11 heteroatoms. The summed E-state index contributed by atoms with van der Waals surface area (Å²) in [4.78, 5) is 35.1. The number of pyridine rings is 2. The number of methoxy groups -OCH3 is 2.